The van der Waals surface area contributed by atoms with Crippen LogP contribution in [0.1, 0.15) is 32.6 Å². The van der Waals surface area contributed by atoms with E-state index in [1.165, 1.54) is 12.8 Å². The van der Waals surface area contributed by atoms with E-state index in [4.69, 9.17) is 9.47 Å². The van der Waals surface area contributed by atoms with Crippen LogP contribution in [0, 0.1) is 5.92 Å². The Hall–Kier alpha value is -1.71. The summed E-state index contributed by atoms with van der Waals surface area (Å²) in [6, 6.07) is 7.64. The van der Waals surface area contributed by atoms with Gasteiger partial charge in [0.25, 0.3) is 5.91 Å². The van der Waals surface area contributed by atoms with Gasteiger partial charge in [-0.3, -0.25) is 4.79 Å². The highest BCUT2D eigenvalue weighted by Gasteiger charge is 2.20. The number of benzene rings is 1. The lowest BCUT2D eigenvalue weighted by Crippen LogP contribution is -2.40. The SMILES string of the molecule is COc1ccccc1OCC(=O)NC1CCCC(C)C1. The maximum absolute atomic E-state index is 11.9. The monoisotopic (exact) mass is 277 g/mol. The van der Waals surface area contributed by atoms with E-state index in [0.29, 0.717) is 23.5 Å². The molecule has 4 nitrogen and oxygen atoms in total. The van der Waals surface area contributed by atoms with Crippen molar-refractivity contribution < 1.29 is 14.3 Å². The number of para-hydroxylation sites is 2. The summed E-state index contributed by atoms with van der Waals surface area (Å²) in [7, 11) is 1.59. The maximum Gasteiger partial charge on any atom is 0.258 e. The molecular weight excluding hydrogens is 254 g/mol. The minimum absolute atomic E-state index is 0.0330. The smallest absolute Gasteiger partial charge is 0.258 e. The number of hydrogen-bond donors (Lipinski definition) is 1. The van der Waals surface area contributed by atoms with Crippen molar-refractivity contribution in [3.8, 4) is 11.5 Å². The second-order valence-electron chi connectivity index (χ2n) is 5.48. The van der Waals surface area contributed by atoms with Crippen LogP contribution in [-0.2, 0) is 4.79 Å². The van der Waals surface area contributed by atoms with E-state index in [1.807, 2.05) is 18.2 Å². The highest BCUT2D eigenvalue weighted by Crippen LogP contribution is 2.26. The molecule has 4 heteroatoms. The standard InChI is InChI=1S/C16H23NO3/c1-12-6-5-7-13(10-12)17-16(18)11-20-15-9-4-3-8-14(15)19-2/h3-4,8-9,12-13H,5-7,10-11H2,1-2H3,(H,17,18). The van der Waals surface area contributed by atoms with E-state index >= 15 is 0 Å². The highest BCUT2D eigenvalue weighted by atomic mass is 16.5. The molecule has 2 rings (SSSR count). The Morgan fingerprint density at radius 3 is 2.75 bits per heavy atom. The summed E-state index contributed by atoms with van der Waals surface area (Å²) in [5.74, 6) is 1.88. The lowest BCUT2D eigenvalue weighted by atomic mass is 9.87. The van der Waals surface area contributed by atoms with E-state index in [-0.39, 0.29) is 12.5 Å². The second-order valence-corrected chi connectivity index (χ2v) is 5.48. The van der Waals surface area contributed by atoms with Crippen molar-refractivity contribution in [2.24, 2.45) is 5.92 Å². The summed E-state index contributed by atoms with van der Waals surface area (Å²) in [6.07, 6.45) is 4.61. The highest BCUT2D eigenvalue weighted by molar-refractivity contribution is 5.77. The van der Waals surface area contributed by atoms with Crippen molar-refractivity contribution in [1.29, 1.82) is 0 Å². The van der Waals surface area contributed by atoms with Gasteiger partial charge in [0.05, 0.1) is 7.11 Å². The van der Waals surface area contributed by atoms with Gasteiger partial charge in [-0.1, -0.05) is 31.9 Å². The third-order valence-electron chi connectivity index (χ3n) is 3.73. The first kappa shape index (κ1) is 14.7. The van der Waals surface area contributed by atoms with Crippen LogP contribution in [-0.4, -0.2) is 25.7 Å². The van der Waals surface area contributed by atoms with Gasteiger partial charge in [-0.25, -0.2) is 0 Å². The zero-order valence-electron chi connectivity index (χ0n) is 12.2. The van der Waals surface area contributed by atoms with Crippen LogP contribution in [0.5, 0.6) is 11.5 Å². The molecule has 2 unspecified atom stereocenters. The fourth-order valence-corrected chi connectivity index (χ4v) is 2.72. The van der Waals surface area contributed by atoms with Crippen molar-refractivity contribution in [3.63, 3.8) is 0 Å². The maximum atomic E-state index is 11.9. The molecule has 1 aromatic carbocycles. The van der Waals surface area contributed by atoms with Crippen molar-refractivity contribution in [2.75, 3.05) is 13.7 Å². The Labute approximate surface area is 120 Å². The summed E-state index contributed by atoms with van der Waals surface area (Å²) < 4.78 is 10.7. The molecule has 2 atom stereocenters. The van der Waals surface area contributed by atoms with E-state index in [9.17, 15) is 4.79 Å². The van der Waals surface area contributed by atoms with Crippen LogP contribution in [0.15, 0.2) is 24.3 Å². The molecule has 0 spiro atoms. The molecule has 1 aliphatic carbocycles. The van der Waals surface area contributed by atoms with Crippen LogP contribution in [0.25, 0.3) is 0 Å². The predicted molar refractivity (Wildman–Crippen MR) is 78.1 cm³/mol. The van der Waals surface area contributed by atoms with Gasteiger partial charge in [0.1, 0.15) is 0 Å². The third kappa shape index (κ3) is 4.15. The second kappa shape index (κ2) is 7.17. The summed E-state index contributed by atoms with van der Waals surface area (Å²) >= 11 is 0. The topological polar surface area (TPSA) is 47.6 Å². The fraction of sp³-hybridized carbons (Fsp3) is 0.562. The van der Waals surface area contributed by atoms with E-state index in [1.54, 1.807) is 13.2 Å². The Morgan fingerprint density at radius 2 is 2.05 bits per heavy atom. The van der Waals surface area contributed by atoms with Gasteiger partial charge >= 0.3 is 0 Å². The van der Waals surface area contributed by atoms with Crippen molar-refractivity contribution in [1.82, 2.24) is 5.32 Å². The van der Waals surface area contributed by atoms with Gasteiger partial charge in [0, 0.05) is 6.04 Å². The minimum atomic E-state index is -0.0602. The summed E-state index contributed by atoms with van der Waals surface area (Å²) in [4.78, 5) is 11.9. The Bertz CT molecular complexity index is 447. The van der Waals surface area contributed by atoms with Gasteiger partial charge < -0.3 is 14.8 Å². The Morgan fingerprint density at radius 1 is 1.30 bits per heavy atom. The van der Waals surface area contributed by atoms with Gasteiger partial charge in [-0.05, 0) is 30.9 Å². The number of carbonyl (C=O) groups excluding carboxylic acids is 1. The van der Waals surface area contributed by atoms with Crippen LogP contribution >= 0.6 is 0 Å². The number of carbonyl (C=O) groups is 1. The molecule has 0 aliphatic heterocycles. The molecule has 20 heavy (non-hydrogen) atoms. The summed E-state index contributed by atoms with van der Waals surface area (Å²) in [5, 5.41) is 3.05. The van der Waals surface area contributed by atoms with Gasteiger partial charge in [-0.2, -0.15) is 0 Å². The van der Waals surface area contributed by atoms with Crippen molar-refractivity contribution in [3.05, 3.63) is 24.3 Å². The first-order valence-corrected chi connectivity index (χ1v) is 7.24. The Balaban J connectivity index is 1.80. The van der Waals surface area contributed by atoms with Gasteiger partial charge in [-0.15, -0.1) is 0 Å². The molecule has 0 bridgehead atoms. The van der Waals surface area contributed by atoms with E-state index in [0.717, 1.165) is 12.8 Å². The van der Waals surface area contributed by atoms with E-state index < -0.39 is 0 Å². The number of rotatable bonds is 5. The zero-order chi connectivity index (χ0) is 14.4. The number of amides is 1. The largest absolute Gasteiger partial charge is 0.493 e. The molecular formula is C16H23NO3. The average Bonchev–Trinajstić information content (AvgIpc) is 2.45. The normalized spacial score (nSPS) is 22.1. The van der Waals surface area contributed by atoms with E-state index in [2.05, 4.69) is 12.2 Å². The average molecular weight is 277 g/mol. The molecule has 0 aromatic heterocycles. The zero-order valence-corrected chi connectivity index (χ0v) is 12.2. The molecule has 110 valence electrons. The molecule has 1 amide bonds. The number of nitrogens with one attached hydrogen (secondary N) is 1. The first-order valence-electron chi connectivity index (χ1n) is 7.24. The molecule has 0 saturated heterocycles. The van der Waals surface area contributed by atoms with Crippen LogP contribution in [0.2, 0.25) is 0 Å². The summed E-state index contributed by atoms with van der Waals surface area (Å²) in [6.45, 7) is 2.27. The number of methoxy groups -OCH3 is 1. The van der Waals surface area contributed by atoms with Gasteiger partial charge in [0.15, 0.2) is 18.1 Å². The summed E-state index contributed by atoms with van der Waals surface area (Å²) in [5.41, 5.74) is 0. The van der Waals surface area contributed by atoms with Crippen LogP contribution < -0.4 is 14.8 Å². The van der Waals surface area contributed by atoms with Crippen LogP contribution in [0.4, 0.5) is 0 Å². The molecule has 1 aromatic rings. The number of hydrogen-bond acceptors (Lipinski definition) is 3. The predicted octanol–water partition coefficient (Wildman–Crippen LogP) is 2.77. The lowest BCUT2D eigenvalue weighted by molar-refractivity contribution is -0.124. The molecule has 1 N–H and O–H groups in total. The fourth-order valence-electron chi connectivity index (χ4n) is 2.72. The van der Waals surface area contributed by atoms with Gasteiger partial charge in [0.2, 0.25) is 0 Å². The first-order chi connectivity index (χ1) is 9.69. The molecule has 1 aliphatic rings. The molecule has 1 fully saturated rings. The quantitative estimate of drug-likeness (QED) is 0.900. The number of ether oxygens (including phenoxy) is 2. The molecule has 0 radical (unpaired) electrons. The molecule has 1 saturated carbocycles. The van der Waals surface area contributed by atoms with Crippen molar-refractivity contribution in [2.45, 2.75) is 38.6 Å². The Kier molecular flexibility index (Phi) is 5.27. The molecule has 0 heterocycles. The third-order valence-corrected chi connectivity index (χ3v) is 3.73. The minimum Gasteiger partial charge on any atom is -0.493 e. The van der Waals surface area contributed by atoms with Crippen LogP contribution in [0.3, 0.4) is 0 Å². The lowest BCUT2D eigenvalue weighted by Gasteiger charge is -2.27. The van der Waals surface area contributed by atoms with Crippen molar-refractivity contribution >= 4 is 5.91 Å².